The Bertz CT molecular complexity index is 721. The first kappa shape index (κ1) is 13.5. The third-order valence-corrected chi connectivity index (χ3v) is 4.12. The molecule has 1 heterocycles. The number of para-hydroxylation sites is 1. The lowest BCUT2D eigenvalue weighted by Crippen LogP contribution is -2.24. The van der Waals surface area contributed by atoms with Crippen molar-refractivity contribution in [1.29, 1.82) is 0 Å². The molecule has 0 fully saturated rings. The number of hydrogen-bond acceptors (Lipinski definition) is 4. The average Bonchev–Trinajstić information content (AvgIpc) is 2.79. The molecular formula is C11H13N3O4S. The molecule has 0 saturated carbocycles. The van der Waals surface area contributed by atoms with Crippen LogP contribution in [0.3, 0.4) is 0 Å². The minimum atomic E-state index is -3.34. The van der Waals surface area contributed by atoms with Crippen molar-refractivity contribution in [2.75, 3.05) is 12.8 Å². The Kier molecular flexibility index (Phi) is 3.54. The van der Waals surface area contributed by atoms with Gasteiger partial charge in [-0.25, -0.2) is 22.9 Å². The van der Waals surface area contributed by atoms with Gasteiger partial charge in [-0.1, -0.05) is 6.07 Å². The number of aromatic nitrogens is 2. The molecule has 0 saturated heterocycles. The third-order valence-electron chi connectivity index (χ3n) is 2.78. The second kappa shape index (κ2) is 4.98. The van der Waals surface area contributed by atoms with Gasteiger partial charge in [0.2, 0.25) is 10.0 Å². The maximum Gasteiger partial charge on any atom is 0.337 e. The zero-order chi connectivity index (χ0) is 14.0. The summed E-state index contributed by atoms with van der Waals surface area (Å²) in [5.74, 6) is -1.20. The fourth-order valence-electron chi connectivity index (χ4n) is 1.79. The molecule has 0 aliphatic rings. The molecule has 2 rings (SSSR count). The SMILES string of the molecule is CNS(=O)(=O)CCn1cnc2cccc(C(=O)O)c21. The fraction of sp³-hybridized carbons (Fsp3) is 0.273. The number of aromatic carboxylic acids is 1. The Morgan fingerprint density at radius 1 is 1.47 bits per heavy atom. The number of carbonyl (C=O) groups is 1. The van der Waals surface area contributed by atoms with E-state index in [1.54, 1.807) is 12.1 Å². The predicted molar refractivity (Wildman–Crippen MR) is 69.5 cm³/mol. The van der Waals surface area contributed by atoms with Crippen molar-refractivity contribution in [2.24, 2.45) is 0 Å². The molecule has 0 radical (unpaired) electrons. The van der Waals surface area contributed by atoms with Crippen LogP contribution in [0, 0.1) is 0 Å². The van der Waals surface area contributed by atoms with E-state index >= 15 is 0 Å². The molecule has 19 heavy (non-hydrogen) atoms. The minimum absolute atomic E-state index is 0.108. The molecule has 0 amide bonds. The number of aryl methyl sites for hydroxylation is 1. The van der Waals surface area contributed by atoms with Crippen molar-refractivity contribution < 1.29 is 18.3 Å². The van der Waals surface area contributed by atoms with E-state index in [-0.39, 0.29) is 17.9 Å². The highest BCUT2D eigenvalue weighted by atomic mass is 32.2. The molecule has 8 heteroatoms. The van der Waals surface area contributed by atoms with Gasteiger partial charge in [0.05, 0.1) is 28.7 Å². The minimum Gasteiger partial charge on any atom is -0.478 e. The first-order chi connectivity index (χ1) is 8.94. The Hall–Kier alpha value is -1.93. The highest BCUT2D eigenvalue weighted by molar-refractivity contribution is 7.89. The van der Waals surface area contributed by atoms with Crippen LogP contribution in [0.25, 0.3) is 11.0 Å². The maximum absolute atomic E-state index is 11.4. The third kappa shape index (κ3) is 2.74. The van der Waals surface area contributed by atoms with Crippen LogP contribution in [0.15, 0.2) is 24.5 Å². The van der Waals surface area contributed by atoms with Crippen molar-refractivity contribution in [3.63, 3.8) is 0 Å². The Balaban J connectivity index is 2.42. The highest BCUT2D eigenvalue weighted by Crippen LogP contribution is 2.18. The molecule has 2 aromatic rings. The van der Waals surface area contributed by atoms with E-state index in [2.05, 4.69) is 9.71 Å². The molecule has 1 aromatic carbocycles. The molecule has 0 unspecified atom stereocenters. The largest absolute Gasteiger partial charge is 0.478 e. The van der Waals surface area contributed by atoms with Crippen LogP contribution in [-0.2, 0) is 16.6 Å². The van der Waals surface area contributed by atoms with Crippen molar-refractivity contribution in [1.82, 2.24) is 14.3 Å². The number of rotatable bonds is 5. The van der Waals surface area contributed by atoms with Crippen LogP contribution in [-0.4, -0.2) is 41.8 Å². The zero-order valence-corrected chi connectivity index (χ0v) is 11.0. The number of carboxylic acids is 1. The zero-order valence-electron chi connectivity index (χ0n) is 10.2. The summed E-state index contributed by atoms with van der Waals surface area (Å²) < 4.78 is 26.5. The lowest BCUT2D eigenvalue weighted by Gasteiger charge is -2.06. The van der Waals surface area contributed by atoms with Crippen LogP contribution >= 0.6 is 0 Å². The summed E-state index contributed by atoms with van der Waals surface area (Å²) in [4.78, 5) is 15.2. The number of hydrogen-bond donors (Lipinski definition) is 2. The number of imidazole rings is 1. The van der Waals surface area contributed by atoms with Gasteiger partial charge < -0.3 is 9.67 Å². The summed E-state index contributed by atoms with van der Waals surface area (Å²) in [5, 5.41) is 9.13. The summed E-state index contributed by atoms with van der Waals surface area (Å²) in [6.45, 7) is 0.143. The standard InChI is InChI=1S/C11H13N3O4S/c1-12-19(17,18)6-5-14-7-13-9-4-2-3-8(10(9)14)11(15)16/h2-4,7,12H,5-6H2,1H3,(H,15,16). The molecule has 0 aliphatic carbocycles. The number of nitrogens with zero attached hydrogens (tertiary/aromatic N) is 2. The molecule has 0 aliphatic heterocycles. The second-order valence-electron chi connectivity index (χ2n) is 3.94. The highest BCUT2D eigenvalue weighted by Gasteiger charge is 2.14. The van der Waals surface area contributed by atoms with Gasteiger partial charge in [-0.05, 0) is 19.2 Å². The van der Waals surface area contributed by atoms with Gasteiger partial charge >= 0.3 is 5.97 Å². The number of carboxylic acid groups (broad SMARTS) is 1. The normalized spacial score (nSPS) is 11.8. The molecule has 2 N–H and O–H groups in total. The van der Waals surface area contributed by atoms with Gasteiger partial charge in [-0.15, -0.1) is 0 Å². The quantitative estimate of drug-likeness (QED) is 0.821. The molecule has 0 spiro atoms. The van der Waals surface area contributed by atoms with Crippen molar-refractivity contribution >= 4 is 27.0 Å². The summed E-state index contributed by atoms with van der Waals surface area (Å²) >= 11 is 0. The second-order valence-corrected chi connectivity index (χ2v) is 5.99. The summed E-state index contributed by atoms with van der Waals surface area (Å²) in [7, 11) is -2.01. The summed E-state index contributed by atoms with van der Waals surface area (Å²) in [6.07, 6.45) is 1.45. The van der Waals surface area contributed by atoms with Crippen molar-refractivity contribution in [2.45, 2.75) is 6.54 Å². The number of fused-ring (bicyclic) bond motifs is 1. The van der Waals surface area contributed by atoms with Gasteiger partial charge in [0, 0.05) is 6.54 Å². The average molecular weight is 283 g/mol. The Labute approximate surface area is 109 Å². The Morgan fingerprint density at radius 2 is 2.21 bits per heavy atom. The van der Waals surface area contributed by atoms with E-state index < -0.39 is 16.0 Å². The summed E-state index contributed by atoms with van der Waals surface area (Å²) in [5.41, 5.74) is 1.07. The van der Waals surface area contributed by atoms with E-state index in [0.717, 1.165) is 0 Å². The van der Waals surface area contributed by atoms with Crippen LogP contribution in [0.4, 0.5) is 0 Å². The lowest BCUT2D eigenvalue weighted by molar-refractivity contribution is 0.0698. The van der Waals surface area contributed by atoms with E-state index in [1.807, 2.05) is 0 Å². The van der Waals surface area contributed by atoms with E-state index in [4.69, 9.17) is 5.11 Å². The Morgan fingerprint density at radius 3 is 2.84 bits per heavy atom. The van der Waals surface area contributed by atoms with Gasteiger partial charge in [0.25, 0.3) is 0 Å². The monoisotopic (exact) mass is 283 g/mol. The van der Waals surface area contributed by atoms with E-state index in [1.165, 1.54) is 24.0 Å². The van der Waals surface area contributed by atoms with Gasteiger partial charge in [0.15, 0.2) is 0 Å². The van der Waals surface area contributed by atoms with Crippen molar-refractivity contribution in [3.8, 4) is 0 Å². The van der Waals surface area contributed by atoms with Crippen LogP contribution < -0.4 is 4.72 Å². The smallest absolute Gasteiger partial charge is 0.337 e. The first-order valence-electron chi connectivity index (χ1n) is 5.53. The lowest BCUT2D eigenvalue weighted by atomic mass is 10.2. The van der Waals surface area contributed by atoms with Crippen LogP contribution in [0.2, 0.25) is 0 Å². The molecule has 0 atom stereocenters. The van der Waals surface area contributed by atoms with Gasteiger partial charge in [-0.3, -0.25) is 0 Å². The van der Waals surface area contributed by atoms with Crippen LogP contribution in [0.1, 0.15) is 10.4 Å². The molecular weight excluding hydrogens is 270 g/mol. The predicted octanol–water partition coefficient (Wildman–Crippen LogP) is 0.284. The molecule has 1 aromatic heterocycles. The fourth-order valence-corrected chi connectivity index (χ4v) is 2.43. The van der Waals surface area contributed by atoms with E-state index in [9.17, 15) is 13.2 Å². The maximum atomic E-state index is 11.4. The summed E-state index contributed by atoms with van der Waals surface area (Å²) in [6, 6.07) is 4.76. The van der Waals surface area contributed by atoms with Crippen LogP contribution in [0.5, 0.6) is 0 Å². The molecule has 102 valence electrons. The first-order valence-corrected chi connectivity index (χ1v) is 7.18. The van der Waals surface area contributed by atoms with E-state index in [0.29, 0.717) is 11.0 Å². The van der Waals surface area contributed by atoms with Crippen molar-refractivity contribution in [3.05, 3.63) is 30.1 Å². The topological polar surface area (TPSA) is 101 Å². The number of nitrogens with one attached hydrogen (secondary N) is 1. The van der Waals surface area contributed by atoms with Gasteiger partial charge in [-0.2, -0.15) is 0 Å². The molecule has 0 bridgehead atoms. The number of benzene rings is 1. The molecule has 7 nitrogen and oxygen atoms in total. The number of sulfonamides is 1. The van der Waals surface area contributed by atoms with Gasteiger partial charge in [0.1, 0.15) is 0 Å².